The summed E-state index contributed by atoms with van der Waals surface area (Å²) in [7, 11) is 2.08. The Kier molecular flexibility index (Phi) is 5.91. The van der Waals surface area contributed by atoms with Gasteiger partial charge in [-0.05, 0) is 32.4 Å². The van der Waals surface area contributed by atoms with Gasteiger partial charge < -0.3 is 20.6 Å². The SMILES string of the molecule is CC1CN(C)CCC1NC(=O)NCCCC(=O)O. The first-order valence-electron chi connectivity index (χ1n) is 6.43. The lowest BCUT2D eigenvalue weighted by molar-refractivity contribution is -0.137. The average molecular weight is 257 g/mol. The summed E-state index contributed by atoms with van der Waals surface area (Å²) in [5, 5.41) is 14.1. The van der Waals surface area contributed by atoms with E-state index in [1.165, 1.54) is 0 Å². The molecule has 6 heteroatoms. The van der Waals surface area contributed by atoms with Gasteiger partial charge in [-0.1, -0.05) is 6.92 Å². The van der Waals surface area contributed by atoms with Gasteiger partial charge in [0.05, 0.1) is 0 Å². The van der Waals surface area contributed by atoms with Crippen molar-refractivity contribution >= 4 is 12.0 Å². The molecule has 1 rings (SSSR count). The van der Waals surface area contributed by atoms with Gasteiger partial charge in [0, 0.05) is 25.6 Å². The first-order valence-corrected chi connectivity index (χ1v) is 6.43. The Morgan fingerprint density at radius 3 is 2.78 bits per heavy atom. The number of likely N-dealkylation sites (tertiary alicyclic amines) is 1. The highest BCUT2D eigenvalue weighted by Gasteiger charge is 2.25. The molecule has 0 aromatic heterocycles. The van der Waals surface area contributed by atoms with E-state index in [1.807, 2.05) is 0 Å². The predicted octanol–water partition coefficient (Wildman–Crippen LogP) is 0.491. The van der Waals surface area contributed by atoms with Crippen LogP contribution >= 0.6 is 0 Å². The van der Waals surface area contributed by atoms with Crippen LogP contribution in [0.3, 0.4) is 0 Å². The van der Waals surface area contributed by atoms with Crippen molar-refractivity contribution in [2.75, 3.05) is 26.7 Å². The third-order valence-electron chi connectivity index (χ3n) is 3.28. The highest BCUT2D eigenvalue weighted by Crippen LogP contribution is 2.14. The van der Waals surface area contributed by atoms with Crippen molar-refractivity contribution in [1.82, 2.24) is 15.5 Å². The Balaban J connectivity index is 2.17. The number of carbonyl (C=O) groups is 2. The number of carboxylic acid groups (broad SMARTS) is 1. The molecule has 0 spiro atoms. The van der Waals surface area contributed by atoms with Crippen LogP contribution in [0.2, 0.25) is 0 Å². The van der Waals surface area contributed by atoms with Crippen molar-refractivity contribution in [1.29, 1.82) is 0 Å². The third-order valence-corrected chi connectivity index (χ3v) is 3.28. The Labute approximate surface area is 108 Å². The van der Waals surface area contributed by atoms with Crippen LogP contribution in [0.15, 0.2) is 0 Å². The number of amides is 2. The highest BCUT2D eigenvalue weighted by atomic mass is 16.4. The standard InChI is InChI=1S/C12H23N3O3/c1-9-8-15(2)7-5-10(9)14-12(18)13-6-3-4-11(16)17/h9-10H,3-8H2,1-2H3,(H,16,17)(H2,13,14,18). The van der Waals surface area contributed by atoms with E-state index in [0.717, 1.165) is 19.5 Å². The monoisotopic (exact) mass is 257 g/mol. The minimum atomic E-state index is -0.832. The van der Waals surface area contributed by atoms with Crippen LogP contribution in [-0.2, 0) is 4.79 Å². The smallest absolute Gasteiger partial charge is 0.315 e. The number of carbonyl (C=O) groups excluding carboxylic acids is 1. The summed E-state index contributed by atoms with van der Waals surface area (Å²) in [5.74, 6) is -0.394. The van der Waals surface area contributed by atoms with E-state index in [0.29, 0.717) is 18.9 Å². The van der Waals surface area contributed by atoms with Gasteiger partial charge in [0.25, 0.3) is 0 Å². The number of nitrogens with one attached hydrogen (secondary N) is 2. The number of hydrogen-bond donors (Lipinski definition) is 3. The fourth-order valence-corrected chi connectivity index (χ4v) is 2.23. The van der Waals surface area contributed by atoms with Crippen LogP contribution in [-0.4, -0.2) is 54.7 Å². The van der Waals surface area contributed by atoms with Crippen molar-refractivity contribution in [3.63, 3.8) is 0 Å². The molecular weight excluding hydrogens is 234 g/mol. The van der Waals surface area contributed by atoms with Gasteiger partial charge in [-0.3, -0.25) is 4.79 Å². The zero-order valence-corrected chi connectivity index (χ0v) is 11.1. The van der Waals surface area contributed by atoms with E-state index in [9.17, 15) is 9.59 Å². The molecule has 1 fully saturated rings. The molecule has 1 saturated heterocycles. The van der Waals surface area contributed by atoms with Crippen LogP contribution < -0.4 is 10.6 Å². The van der Waals surface area contributed by atoms with Crippen LogP contribution in [0.25, 0.3) is 0 Å². The number of nitrogens with zero attached hydrogens (tertiary/aromatic N) is 1. The molecule has 0 bridgehead atoms. The lowest BCUT2D eigenvalue weighted by atomic mass is 9.94. The molecule has 6 nitrogen and oxygen atoms in total. The molecule has 0 radical (unpaired) electrons. The maximum absolute atomic E-state index is 11.6. The molecule has 3 N–H and O–H groups in total. The van der Waals surface area contributed by atoms with Crippen LogP contribution in [0.4, 0.5) is 4.79 Å². The highest BCUT2D eigenvalue weighted by molar-refractivity contribution is 5.74. The van der Waals surface area contributed by atoms with Gasteiger partial charge in [0.15, 0.2) is 0 Å². The van der Waals surface area contributed by atoms with Gasteiger partial charge in [0.2, 0.25) is 0 Å². The number of urea groups is 1. The fourth-order valence-electron chi connectivity index (χ4n) is 2.23. The Hall–Kier alpha value is -1.30. The van der Waals surface area contributed by atoms with Crippen LogP contribution in [0, 0.1) is 5.92 Å². The maximum atomic E-state index is 11.6. The van der Waals surface area contributed by atoms with Crippen molar-refractivity contribution in [2.24, 2.45) is 5.92 Å². The molecule has 104 valence electrons. The number of piperidine rings is 1. The predicted molar refractivity (Wildman–Crippen MR) is 68.5 cm³/mol. The van der Waals surface area contributed by atoms with E-state index >= 15 is 0 Å². The van der Waals surface area contributed by atoms with Crippen molar-refractivity contribution < 1.29 is 14.7 Å². The molecule has 1 heterocycles. The Morgan fingerprint density at radius 1 is 1.44 bits per heavy atom. The fraction of sp³-hybridized carbons (Fsp3) is 0.833. The van der Waals surface area contributed by atoms with Gasteiger partial charge >= 0.3 is 12.0 Å². The summed E-state index contributed by atoms with van der Waals surface area (Å²) in [5.41, 5.74) is 0. The second-order valence-corrected chi connectivity index (χ2v) is 5.03. The quantitative estimate of drug-likeness (QED) is 0.626. The van der Waals surface area contributed by atoms with E-state index in [2.05, 4.69) is 29.5 Å². The summed E-state index contributed by atoms with van der Waals surface area (Å²) in [6.07, 6.45) is 1.51. The second kappa shape index (κ2) is 7.20. The lowest BCUT2D eigenvalue weighted by Gasteiger charge is -2.35. The van der Waals surface area contributed by atoms with Crippen molar-refractivity contribution in [2.45, 2.75) is 32.2 Å². The molecule has 1 aliphatic rings. The molecule has 2 amide bonds. The number of carboxylic acids is 1. The van der Waals surface area contributed by atoms with Crippen LogP contribution in [0.5, 0.6) is 0 Å². The molecule has 0 saturated carbocycles. The topological polar surface area (TPSA) is 81.7 Å². The second-order valence-electron chi connectivity index (χ2n) is 5.03. The largest absolute Gasteiger partial charge is 0.481 e. The summed E-state index contributed by atoms with van der Waals surface area (Å²) < 4.78 is 0. The molecule has 0 aromatic rings. The Bertz CT molecular complexity index is 296. The van der Waals surface area contributed by atoms with Crippen molar-refractivity contribution in [3.05, 3.63) is 0 Å². The number of aliphatic carboxylic acids is 1. The maximum Gasteiger partial charge on any atom is 0.315 e. The van der Waals surface area contributed by atoms with E-state index in [-0.39, 0.29) is 18.5 Å². The van der Waals surface area contributed by atoms with E-state index in [4.69, 9.17) is 5.11 Å². The number of rotatable bonds is 5. The van der Waals surface area contributed by atoms with Crippen molar-refractivity contribution in [3.8, 4) is 0 Å². The van der Waals surface area contributed by atoms with Gasteiger partial charge in [-0.15, -0.1) is 0 Å². The van der Waals surface area contributed by atoms with Gasteiger partial charge in [-0.2, -0.15) is 0 Å². The zero-order valence-electron chi connectivity index (χ0n) is 11.1. The molecular formula is C12H23N3O3. The molecule has 18 heavy (non-hydrogen) atoms. The summed E-state index contributed by atoms with van der Waals surface area (Å²) >= 11 is 0. The first kappa shape index (κ1) is 14.8. The van der Waals surface area contributed by atoms with Gasteiger partial charge in [-0.25, -0.2) is 4.79 Å². The summed E-state index contributed by atoms with van der Waals surface area (Å²) in [4.78, 5) is 24.2. The normalized spacial score (nSPS) is 24.6. The van der Waals surface area contributed by atoms with E-state index < -0.39 is 5.97 Å². The zero-order chi connectivity index (χ0) is 13.5. The molecule has 2 atom stereocenters. The molecule has 0 aromatic carbocycles. The third kappa shape index (κ3) is 5.35. The summed E-state index contributed by atoms with van der Waals surface area (Å²) in [6, 6.07) is 0.0162. The molecule has 2 unspecified atom stereocenters. The molecule has 1 aliphatic heterocycles. The summed E-state index contributed by atoms with van der Waals surface area (Å²) in [6.45, 7) is 4.52. The molecule has 0 aliphatic carbocycles. The number of hydrogen-bond acceptors (Lipinski definition) is 3. The Morgan fingerprint density at radius 2 is 2.17 bits per heavy atom. The minimum absolute atomic E-state index is 0.0882. The average Bonchev–Trinajstić information content (AvgIpc) is 2.28. The van der Waals surface area contributed by atoms with Crippen LogP contribution in [0.1, 0.15) is 26.2 Å². The first-order chi connectivity index (χ1) is 8.49. The minimum Gasteiger partial charge on any atom is -0.481 e. The lowest BCUT2D eigenvalue weighted by Crippen LogP contribution is -2.51. The van der Waals surface area contributed by atoms with E-state index in [1.54, 1.807) is 0 Å². The van der Waals surface area contributed by atoms with Gasteiger partial charge in [0.1, 0.15) is 0 Å².